The molecule has 0 aliphatic rings. The summed E-state index contributed by atoms with van der Waals surface area (Å²) in [5.74, 6) is -2.89. The SMILES string of the molecule is O=C(OCc1nnc(-c2ccc(Br)cc2)o1)c1c(F)cccc1F. The molecule has 0 unspecified atom stereocenters. The van der Waals surface area contributed by atoms with Gasteiger partial charge in [0.1, 0.15) is 17.2 Å². The number of esters is 1. The van der Waals surface area contributed by atoms with Crippen LogP contribution in [0.5, 0.6) is 0 Å². The van der Waals surface area contributed by atoms with E-state index in [9.17, 15) is 13.6 Å². The van der Waals surface area contributed by atoms with Gasteiger partial charge in [-0.25, -0.2) is 13.6 Å². The molecule has 0 saturated carbocycles. The van der Waals surface area contributed by atoms with E-state index in [1.54, 1.807) is 24.3 Å². The topological polar surface area (TPSA) is 65.2 Å². The number of nitrogens with zero attached hydrogens (tertiary/aromatic N) is 2. The van der Waals surface area contributed by atoms with E-state index in [-0.39, 0.29) is 11.8 Å². The molecule has 0 fully saturated rings. The summed E-state index contributed by atoms with van der Waals surface area (Å²) in [4.78, 5) is 11.8. The van der Waals surface area contributed by atoms with E-state index in [0.29, 0.717) is 5.56 Å². The Morgan fingerprint density at radius 2 is 1.75 bits per heavy atom. The molecule has 0 spiro atoms. The lowest BCUT2D eigenvalue weighted by Crippen LogP contribution is -2.10. The highest BCUT2D eigenvalue weighted by molar-refractivity contribution is 9.10. The second-order valence-corrected chi connectivity index (χ2v) is 5.60. The molecule has 1 aromatic heterocycles. The molecule has 0 bridgehead atoms. The number of benzene rings is 2. The van der Waals surface area contributed by atoms with Crippen LogP contribution in [0.25, 0.3) is 11.5 Å². The first-order valence-electron chi connectivity index (χ1n) is 6.74. The summed E-state index contributed by atoms with van der Waals surface area (Å²) < 4.78 is 38.0. The fraction of sp³-hybridized carbons (Fsp3) is 0.0625. The van der Waals surface area contributed by atoms with Crippen LogP contribution in [0, 0.1) is 11.6 Å². The molecule has 0 atom stereocenters. The van der Waals surface area contributed by atoms with Gasteiger partial charge in [0.15, 0.2) is 6.61 Å². The van der Waals surface area contributed by atoms with Crippen LogP contribution < -0.4 is 0 Å². The minimum atomic E-state index is -1.14. The van der Waals surface area contributed by atoms with Gasteiger partial charge in [0.2, 0.25) is 5.89 Å². The Morgan fingerprint density at radius 3 is 2.42 bits per heavy atom. The molecule has 2 aromatic carbocycles. The van der Waals surface area contributed by atoms with Gasteiger partial charge in [-0.05, 0) is 36.4 Å². The van der Waals surface area contributed by atoms with Crippen LogP contribution in [0.1, 0.15) is 16.2 Å². The van der Waals surface area contributed by atoms with Crippen LogP contribution in [0.3, 0.4) is 0 Å². The van der Waals surface area contributed by atoms with E-state index < -0.39 is 29.8 Å². The highest BCUT2D eigenvalue weighted by Crippen LogP contribution is 2.21. The van der Waals surface area contributed by atoms with Crippen LogP contribution in [0.4, 0.5) is 8.78 Å². The Morgan fingerprint density at radius 1 is 1.08 bits per heavy atom. The Kier molecular flexibility index (Phi) is 4.66. The van der Waals surface area contributed by atoms with Crippen molar-refractivity contribution in [3.63, 3.8) is 0 Å². The fourth-order valence-corrected chi connectivity index (χ4v) is 2.18. The van der Waals surface area contributed by atoms with Crippen molar-refractivity contribution in [2.75, 3.05) is 0 Å². The lowest BCUT2D eigenvalue weighted by molar-refractivity contribution is 0.0427. The molecule has 122 valence electrons. The molecule has 0 aliphatic carbocycles. The number of carbonyl (C=O) groups excluding carboxylic acids is 1. The highest BCUT2D eigenvalue weighted by atomic mass is 79.9. The van der Waals surface area contributed by atoms with E-state index in [2.05, 4.69) is 26.1 Å². The molecular weight excluding hydrogens is 386 g/mol. The Labute approximate surface area is 143 Å². The number of carbonyl (C=O) groups is 1. The number of aromatic nitrogens is 2. The zero-order chi connectivity index (χ0) is 17.1. The van der Waals surface area contributed by atoms with Crippen molar-refractivity contribution in [1.29, 1.82) is 0 Å². The Hall–Kier alpha value is -2.61. The first kappa shape index (κ1) is 16.3. The molecule has 0 aliphatic heterocycles. The average Bonchev–Trinajstić information content (AvgIpc) is 3.02. The van der Waals surface area contributed by atoms with Crippen molar-refractivity contribution >= 4 is 21.9 Å². The normalized spacial score (nSPS) is 10.6. The second-order valence-electron chi connectivity index (χ2n) is 4.68. The maximum absolute atomic E-state index is 13.5. The summed E-state index contributed by atoms with van der Waals surface area (Å²) in [5.41, 5.74) is -0.0754. The van der Waals surface area contributed by atoms with Crippen LogP contribution in [0.15, 0.2) is 51.4 Å². The van der Waals surface area contributed by atoms with Crippen LogP contribution >= 0.6 is 15.9 Å². The quantitative estimate of drug-likeness (QED) is 0.622. The standard InChI is InChI=1S/C16H9BrF2N2O3/c17-10-6-4-9(5-7-10)15-21-20-13(24-15)8-23-16(22)14-11(18)2-1-3-12(14)19/h1-7H,8H2. The third-order valence-electron chi connectivity index (χ3n) is 3.05. The lowest BCUT2D eigenvalue weighted by Gasteiger charge is -2.04. The van der Waals surface area contributed by atoms with Gasteiger partial charge in [-0.1, -0.05) is 22.0 Å². The number of ether oxygens (including phenoxy) is 1. The van der Waals surface area contributed by atoms with E-state index in [4.69, 9.17) is 9.15 Å². The van der Waals surface area contributed by atoms with Gasteiger partial charge < -0.3 is 9.15 Å². The third kappa shape index (κ3) is 3.48. The van der Waals surface area contributed by atoms with E-state index >= 15 is 0 Å². The number of hydrogen-bond donors (Lipinski definition) is 0. The van der Waals surface area contributed by atoms with Crippen molar-refractivity contribution in [2.24, 2.45) is 0 Å². The van der Waals surface area contributed by atoms with Crippen LogP contribution in [0.2, 0.25) is 0 Å². The molecule has 3 aromatic rings. The summed E-state index contributed by atoms with van der Waals surface area (Å²) in [6, 6.07) is 10.2. The van der Waals surface area contributed by atoms with Gasteiger partial charge in [-0.15, -0.1) is 10.2 Å². The Balaban J connectivity index is 1.69. The summed E-state index contributed by atoms with van der Waals surface area (Å²) in [6.07, 6.45) is 0. The molecule has 0 saturated heterocycles. The smallest absolute Gasteiger partial charge is 0.344 e. The zero-order valence-corrected chi connectivity index (χ0v) is 13.6. The summed E-state index contributed by atoms with van der Waals surface area (Å²) in [7, 11) is 0. The van der Waals surface area contributed by atoms with Crippen LogP contribution in [-0.2, 0) is 11.3 Å². The molecule has 0 amide bonds. The molecular formula is C16H9BrF2N2O3. The monoisotopic (exact) mass is 394 g/mol. The molecule has 0 N–H and O–H groups in total. The third-order valence-corrected chi connectivity index (χ3v) is 3.58. The van der Waals surface area contributed by atoms with Crippen molar-refractivity contribution in [3.8, 4) is 11.5 Å². The predicted octanol–water partition coefficient (Wildman–Crippen LogP) is 4.13. The van der Waals surface area contributed by atoms with E-state index in [1.165, 1.54) is 0 Å². The summed E-state index contributed by atoms with van der Waals surface area (Å²) in [5, 5.41) is 7.56. The van der Waals surface area contributed by atoms with Crippen molar-refractivity contribution in [3.05, 3.63) is 70.0 Å². The molecule has 3 rings (SSSR count). The van der Waals surface area contributed by atoms with Gasteiger partial charge in [0, 0.05) is 10.0 Å². The zero-order valence-electron chi connectivity index (χ0n) is 12.0. The van der Waals surface area contributed by atoms with Crippen LogP contribution in [-0.4, -0.2) is 16.2 Å². The number of hydrogen-bond acceptors (Lipinski definition) is 5. The number of rotatable bonds is 4. The first-order chi connectivity index (χ1) is 11.5. The fourth-order valence-electron chi connectivity index (χ4n) is 1.91. The highest BCUT2D eigenvalue weighted by Gasteiger charge is 2.19. The minimum Gasteiger partial charge on any atom is -0.452 e. The average molecular weight is 395 g/mol. The molecule has 24 heavy (non-hydrogen) atoms. The lowest BCUT2D eigenvalue weighted by atomic mass is 10.2. The first-order valence-corrected chi connectivity index (χ1v) is 7.53. The maximum atomic E-state index is 13.5. The van der Waals surface area contributed by atoms with Crippen molar-refractivity contribution < 1.29 is 22.7 Å². The molecule has 0 radical (unpaired) electrons. The number of halogens is 3. The molecule has 8 heteroatoms. The summed E-state index contributed by atoms with van der Waals surface area (Å²) in [6.45, 7) is -0.393. The molecule has 5 nitrogen and oxygen atoms in total. The largest absolute Gasteiger partial charge is 0.452 e. The van der Waals surface area contributed by atoms with E-state index in [1.807, 2.05) is 0 Å². The van der Waals surface area contributed by atoms with Gasteiger partial charge in [-0.2, -0.15) is 0 Å². The summed E-state index contributed by atoms with van der Waals surface area (Å²) >= 11 is 3.31. The predicted molar refractivity (Wildman–Crippen MR) is 82.9 cm³/mol. The van der Waals surface area contributed by atoms with Gasteiger partial charge >= 0.3 is 5.97 Å². The molecule has 1 heterocycles. The van der Waals surface area contributed by atoms with Gasteiger partial charge in [-0.3, -0.25) is 0 Å². The van der Waals surface area contributed by atoms with Crippen molar-refractivity contribution in [1.82, 2.24) is 10.2 Å². The second kappa shape index (κ2) is 6.88. The van der Waals surface area contributed by atoms with Gasteiger partial charge in [0.25, 0.3) is 5.89 Å². The van der Waals surface area contributed by atoms with Crippen molar-refractivity contribution in [2.45, 2.75) is 6.61 Å². The van der Waals surface area contributed by atoms with Gasteiger partial charge in [0.05, 0.1) is 0 Å². The minimum absolute atomic E-state index is 0.0121. The maximum Gasteiger partial charge on any atom is 0.344 e. The van der Waals surface area contributed by atoms with E-state index in [0.717, 1.165) is 22.7 Å². The Bertz CT molecular complexity index is 861.